The molecule has 0 radical (unpaired) electrons. The van der Waals surface area contributed by atoms with Crippen molar-refractivity contribution in [3.63, 3.8) is 0 Å². The summed E-state index contributed by atoms with van der Waals surface area (Å²) in [6.07, 6.45) is 0.213. The van der Waals surface area contributed by atoms with Gasteiger partial charge in [0.2, 0.25) is 11.8 Å². The highest BCUT2D eigenvalue weighted by Crippen LogP contribution is 2.25. The third kappa shape index (κ3) is 6.59. The Morgan fingerprint density at radius 3 is 2.46 bits per heavy atom. The van der Waals surface area contributed by atoms with Crippen LogP contribution in [0.25, 0.3) is 0 Å². The molecular weight excluding hydrogens is 488 g/mol. The lowest BCUT2D eigenvalue weighted by Gasteiger charge is -2.43. The second kappa shape index (κ2) is 12.0. The molecule has 2 aliphatic rings. The van der Waals surface area contributed by atoms with E-state index in [2.05, 4.69) is 21.3 Å². The third-order valence-electron chi connectivity index (χ3n) is 5.99. The molecule has 0 bridgehead atoms. The molecule has 2 aliphatic heterocycles. The van der Waals surface area contributed by atoms with E-state index in [1.807, 2.05) is 0 Å². The fraction of sp³-hybridized carbons (Fsp3) is 0.435. The van der Waals surface area contributed by atoms with Gasteiger partial charge in [-0.25, -0.2) is 9.80 Å². The molecule has 2 heterocycles. The highest BCUT2D eigenvalue weighted by Gasteiger charge is 2.44. The lowest BCUT2D eigenvalue weighted by molar-refractivity contribution is -0.176. The predicted octanol–water partition coefficient (Wildman–Crippen LogP) is -0.777. The minimum absolute atomic E-state index is 0.0109. The van der Waals surface area contributed by atoms with Gasteiger partial charge in [0, 0.05) is 31.3 Å². The highest BCUT2D eigenvalue weighted by atomic mass is 16.4. The summed E-state index contributed by atoms with van der Waals surface area (Å²) < 4.78 is 0. The van der Waals surface area contributed by atoms with E-state index in [0.29, 0.717) is 18.4 Å². The van der Waals surface area contributed by atoms with Crippen molar-refractivity contribution < 1.29 is 38.7 Å². The van der Waals surface area contributed by atoms with E-state index in [0.717, 1.165) is 5.01 Å². The quantitative estimate of drug-likeness (QED) is 0.278. The van der Waals surface area contributed by atoms with E-state index in [-0.39, 0.29) is 31.4 Å². The SMILES string of the molecule is CNC(=O)Nc1ccc(C(=O)N[C@H]2CCC(=O)N3CCC[C@@H](C(=O)N[C@H](C=O)CC(=O)O)N3C2=O)cc1. The van der Waals surface area contributed by atoms with Crippen molar-refractivity contribution in [3.8, 4) is 0 Å². The molecule has 14 heteroatoms. The summed E-state index contributed by atoms with van der Waals surface area (Å²) in [5, 5.41) is 21.0. The maximum absolute atomic E-state index is 13.5. The fourth-order valence-corrected chi connectivity index (χ4v) is 4.15. The number of nitrogens with zero attached hydrogens (tertiary/aromatic N) is 2. The largest absolute Gasteiger partial charge is 0.481 e. The van der Waals surface area contributed by atoms with Gasteiger partial charge in [-0.1, -0.05) is 0 Å². The fourth-order valence-electron chi connectivity index (χ4n) is 4.15. The maximum Gasteiger partial charge on any atom is 0.318 e. The molecule has 0 aromatic heterocycles. The van der Waals surface area contributed by atoms with Gasteiger partial charge in [0.25, 0.3) is 11.8 Å². The standard InChI is InChI=1S/C23H28N6O8/c1-24-23(37)26-14-6-4-13(5-7-14)20(34)27-16-8-9-18(31)28-10-2-3-17(29(28)22(16)36)21(35)25-15(12-30)11-19(32)33/h4-7,12,15-17H,2-3,8-11H2,1H3,(H,25,35)(H,27,34)(H,32,33)(H2,24,26,37)/t15-,16-,17-/m0/s1. The number of hydrazine groups is 1. The number of fused-ring (bicyclic) bond motifs is 1. The molecule has 198 valence electrons. The minimum atomic E-state index is -1.30. The summed E-state index contributed by atoms with van der Waals surface area (Å²) in [5.41, 5.74) is 0.652. The van der Waals surface area contributed by atoms with Crippen LogP contribution in [0.1, 0.15) is 42.5 Å². The molecule has 2 fully saturated rings. The molecule has 0 unspecified atom stereocenters. The van der Waals surface area contributed by atoms with Crippen LogP contribution in [0.2, 0.25) is 0 Å². The monoisotopic (exact) mass is 516 g/mol. The molecule has 0 saturated carbocycles. The van der Waals surface area contributed by atoms with Crippen LogP contribution in [0, 0.1) is 0 Å². The highest BCUT2D eigenvalue weighted by molar-refractivity contribution is 6.00. The number of carboxylic acids is 1. The topological polar surface area (TPSA) is 194 Å². The Balaban J connectivity index is 1.76. The molecule has 3 atom stereocenters. The van der Waals surface area contributed by atoms with Gasteiger partial charge in [0.1, 0.15) is 18.4 Å². The molecule has 0 aliphatic carbocycles. The van der Waals surface area contributed by atoms with E-state index in [1.54, 1.807) is 0 Å². The summed E-state index contributed by atoms with van der Waals surface area (Å²) in [6.45, 7) is 0.195. The minimum Gasteiger partial charge on any atom is -0.481 e. The van der Waals surface area contributed by atoms with Gasteiger partial charge in [0.15, 0.2) is 0 Å². The number of aliphatic carboxylic acids is 1. The van der Waals surface area contributed by atoms with E-state index in [1.165, 1.54) is 36.3 Å². The number of hydrogen-bond acceptors (Lipinski definition) is 7. The summed E-state index contributed by atoms with van der Waals surface area (Å²) >= 11 is 0. The van der Waals surface area contributed by atoms with Gasteiger partial charge in [-0.05, 0) is 43.5 Å². The van der Waals surface area contributed by atoms with Gasteiger partial charge >= 0.3 is 12.0 Å². The van der Waals surface area contributed by atoms with Crippen molar-refractivity contribution in [2.45, 2.75) is 50.2 Å². The molecule has 6 amide bonds. The Kier molecular flexibility index (Phi) is 8.77. The zero-order valence-electron chi connectivity index (χ0n) is 20.1. The molecule has 14 nitrogen and oxygen atoms in total. The molecule has 0 spiro atoms. The van der Waals surface area contributed by atoms with Gasteiger partial charge in [-0.3, -0.25) is 29.0 Å². The van der Waals surface area contributed by atoms with Crippen molar-refractivity contribution in [1.29, 1.82) is 0 Å². The van der Waals surface area contributed by atoms with Crippen LogP contribution in [-0.2, 0) is 24.0 Å². The van der Waals surface area contributed by atoms with E-state index < -0.39 is 60.2 Å². The normalized spacial score (nSPS) is 20.1. The third-order valence-corrected chi connectivity index (χ3v) is 5.99. The number of carbonyl (C=O) groups excluding carboxylic acids is 6. The van der Waals surface area contributed by atoms with Crippen LogP contribution in [-0.4, -0.2) is 88.8 Å². The van der Waals surface area contributed by atoms with Crippen LogP contribution in [0.3, 0.4) is 0 Å². The number of hydrogen-bond donors (Lipinski definition) is 5. The Morgan fingerprint density at radius 2 is 1.84 bits per heavy atom. The number of rotatable bonds is 8. The smallest absolute Gasteiger partial charge is 0.318 e. The lowest BCUT2D eigenvalue weighted by atomic mass is 10.0. The second-order valence-corrected chi connectivity index (χ2v) is 8.55. The summed E-state index contributed by atoms with van der Waals surface area (Å²) in [5.74, 6) is -3.71. The number of benzene rings is 1. The lowest BCUT2D eigenvalue weighted by Crippen LogP contribution is -2.64. The first-order valence-electron chi connectivity index (χ1n) is 11.6. The number of nitrogens with one attached hydrogen (secondary N) is 4. The molecule has 3 rings (SSSR count). The van der Waals surface area contributed by atoms with Crippen molar-refractivity contribution in [2.24, 2.45) is 0 Å². The number of urea groups is 1. The molecular formula is C23H28N6O8. The summed E-state index contributed by atoms with van der Waals surface area (Å²) in [7, 11) is 1.46. The zero-order valence-corrected chi connectivity index (χ0v) is 20.1. The van der Waals surface area contributed by atoms with E-state index in [4.69, 9.17) is 5.11 Å². The number of carbonyl (C=O) groups is 7. The van der Waals surface area contributed by atoms with Gasteiger partial charge in [-0.2, -0.15) is 0 Å². The van der Waals surface area contributed by atoms with Gasteiger partial charge in [-0.15, -0.1) is 0 Å². The molecule has 2 saturated heterocycles. The van der Waals surface area contributed by atoms with E-state index in [9.17, 15) is 33.6 Å². The molecule has 5 N–H and O–H groups in total. The Bertz CT molecular complexity index is 1090. The van der Waals surface area contributed by atoms with Crippen LogP contribution < -0.4 is 21.3 Å². The Morgan fingerprint density at radius 1 is 1.14 bits per heavy atom. The Hall–Kier alpha value is -4.49. The van der Waals surface area contributed by atoms with Crippen molar-refractivity contribution in [2.75, 3.05) is 18.9 Å². The van der Waals surface area contributed by atoms with Crippen LogP contribution in [0.5, 0.6) is 0 Å². The summed E-state index contributed by atoms with van der Waals surface area (Å²) in [6, 6.07) is 1.93. The Labute approximate surface area is 211 Å². The number of aldehydes is 1. The predicted molar refractivity (Wildman–Crippen MR) is 127 cm³/mol. The second-order valence-electron chi connectivity index (χ2n) is 8.55. The van der Waals surface area contributed by atoms with E-state index >= 15 is 0 Å². The average Bonchev–Trinajstić information content (AvgIpc) is 3.00. The average molecular weight is 517 g/mol. The maximum atomic E-state index is 13.5. The number of anilines is 1. The molecule has 1 aromatic rings. The van der Waals surface area contributed by atoms with Crippen LogP contribution >= 0.6 is 0 Å². The summed E-state index contributed by atoms with van der Waals surface area (Å²) in [4.78, 5) is 85.6. The molecule has 37 heavy (non-hydrogen) atoms. The molecule has 1 aromatic carbocycles. The van der Waals surface area contributed by atoms with Crippen molar-refractivity contribution >= 4 is 47.6 Å². The first-order valence-corrected chi connectivity index (χ1v) is 11.6. The number of amides is 6. The van der Waals surface area contributed by atoms with Gasteiger partial charge < -0.3 is 31.2 Å². The zero-order chi connectivity index (χ0) is 27.1. The van der Waals surface area contributed by atoms with Crippen LogP contribution in [0.4, 0.5) is 10.5 Å². The van der Waals surface area contributed by atoms with Crippen molar-refractivity contribution in [1.82, 2.24) is 26.0 Å². The van der Waals surface area contributed by atoms with Crippen molar-refractivity contribution in [3.05, 3.63) is 29.8 Å². The first-order chi connectivity index (χ1) is 17.6. The first kappa shape index (κ1) is 27.1. The number of carboxylic acid groups (broad SMARTS) is 1. The van der Waals surface area contributed by atoms with Crippen LogP contribution in [0.15, 0.2) is 24.3 Å². The van der Waals surface area contributed by atoms with Gasteiger partial charge in [0.05, 0.1) is 12.5 Å².